The number of aromatic nitrogens is 1. The number of anilines is 1. The molecule has 0 fully saturated rings. The summed E-state index contributed by atoms with van der Waals surface area (Å²) in [4.78, 5) is 16.6. The van der Waals surface area contributed by atoms with Crippen molar-refractivity contribution < 1.29 is 4.92 Å². The van der Waals surface area contributed by atoms with Crippen molar-refractivity contribution in [2.45, 2.75) is 20.3 Å². The van der Waals surface area contributed by atoms with E-state index in [2.05, 4.69) is 20.9 Å². The van der Waals surface area contributed by atoms with Crippen molar-refractivity contribution in [3.05, 3.63) is 26.9 Å². The molecule has 0 aromatic carbocycles. The van der Waals surface area contributed by atoms with Gasteiger partial charge in [-0.05, 0) is 29.3 Å². The molecule has 1 aromatic heterocycles. The highest BCUT2D eigenvalue weighted by Crippen LogP contribution is 2.28. The first-order valence-electron chi connectivity index (χ1n) is 5.15. The van der Waals surface area contributed by atoms with E-state index in [0.717, 1.165) is 13.0 Å². The molecule has 88 valence electrons. The van der Waals surface area contributed by atoms with Crippen molar-refractivity contribution in [3.63, 3.8) is 0 Å². The van der Waals surface area contributed by atoms with Crippen LogP contribution < -0.4 is 4.90 Å². The molecule has 0 radical (unpaired) electrons. The Morgan fingerprint density at radius 1 is 1.56 bits per heavy atom. The third-order valence-electron chi connectivity index (χ3n) is 2.19. The summed E-state index contributed by atoms with van der Waals surface area (Å²) < 4.78 is 0.621. The predicted molar refractivity (Wildman–Crippen MR) is 66.8 cm³/mol. The van der Waals surface area contributed by atoms with Crippen LogP contribution in [0.1, 0.15) is 20.3 Å². The standard InChI is InChI=1S/C10H14BrN3O2/c1-3-5-13(4-2)10-9(14(15)16)6-8(11)7-12-10/h6-7H,3-5H2,1-2H3. The minimum atomic E-state index is -0.397. The normalized spacial score (nSPS) is 10.2. The molecule has 16 heavy (non-hydrogen) atoms. The van der Waals surface area contributed by atoms with Gasteiger partial charge in [-0.25, -0.2) is 4.98 Å². The third-order valence-corrected chi connectivity index (χ3v) is 2.62. The Balaban J connectivity index is 3.14. The lowest BCUT2D eigenvalue weighted by atomic mass is 10.3. The van der Waals surface area contributed by atoms with Gasteiger partial charge in [-0.3, -0.25) is 10.1 Å². The van der Waals surface area contributed by atoms with E-state index < -0.39 is 4.92 Å². The summed E-state index contributed by atoms with van der Waals surface area (Å²) in [5, 5.41) is 10.9. The van der Waals surface area contributed by atoms with Crippen LogP contribution >= 0.6 is 15.9 Å². The van der Waals surface area contributed by atoms with E-state index in [1.807, 2.05) is 18.7 Å². The monoisotopic (exact) mass is 287 g/mol. The van der Waals surface area contributed by atoms with Crippen LogP contribution in [0.5, 0.6) is 0 Å². The molecule has 5 nitrogen and oxygen atoms in total. The van der Waals surface area contributed by atoms with Gasteiger partial charge in [0.25, 0.3) is 0 Å². The van der Waals surface area contributed by atoms with Gasteiger partial charge in [0, 0.05) is 29.8 Å². The van der Waals surface area contributed by atoms with Crippen molar-refractivity contribution in [2.75, 3.05) is 18.0 Å². The average Bonchev–Trinajstić information content (AvgIpc) is 2.26. The number of hydrogen-bond acceptors (Lipinski definition) is 4. The maximum absolute atomic E-state index is 10.9. The Morgan fingerprint density at radius 2 is 2.25 bits per heavy atom. The summed E-state index contributed by atoms with van der Waals surface area (Å²) in [7, 11) is 0. The molecule has 0 unspecified atom stereocenters. The second kappa shape index (κ2) is 5.79. The van der Waals surface area contributed by atoms with Gasteiger partial charge in [0.05, 0.1) is 4.92 Å². The Bertz CT molecular complexity index is 384. The minimum Gasteiger partial charge on any atom is -0.351 e. The van der Waals surface area contributed by atoms with Crippen LogP contribution in [-0.2, 0) is 0 Å². The van der Waals surface area contributed by atoms with E-state index >= 15 is 0 Å². The lowest BCUT2D eigenvalue weighted by Crippen LogP contribution is -2.25. The summed E-state index contributed by atoms with van der Waals surface area (Å²) in [6.07, 6.45) is 2.52. The summed E-state index contributed by atoms with van der Waals surface area (Å²) in [6.45, 7) is 5.48. The van der Waals surface area contributed by atoms with Gasteiger partial charge in [0.15, 0.2) is 0 Å². The molecular formula is C10H14BrN3O2. The molecule has 0 spiro atoms. The first-order valence-corrected chi connectivity index (χ1v) is 5.94. The zero-order chi connectivity index (χ0) is 12.1. The smallest absolute Gasteiger partial charge is 0.312 e. The molecule has 0 bridgehead atoms. The number of halogens is 1. The molecule has 1 heterocycles. The topological polar surface area (TPSA) is 59.3 Å². The second-order valence-corrected chi connectivity index (χ2v) is 4.25. The minimum absolute atomic E-state index is 0.0460. The molecule has 0 atom stereocenters. The van der Waals surface area contributed by atoms with Crippen LogP contribution in [0.4, 0.5) is 11.5 Å². The molecular weight excluding hydrogens is 274 g/mol. The number of nitro groups is 1. The molecule has 6 heteroatoms. The van der Waals surface area contributed by atoms with Crippen LogP contribution in [0.15, 0.2) is 16.7 Å². The summed E-state index contributed by atoms with van der Waals surface area (Å²) in [6, 6.07) is 1.49. The largest absolute Gasteiger partial charge is 0.351 e. The van der Waals surface area contributed by atoms with E-state index in [9.17, 15) is 10.1 Å². The third kappa shape index (κ3) is 2.91. The molecule has 1 rings (SSSR count). The van der Waals surface area contributed by atoms with Crippen LogP contribution in [0.2, 0.25) is 0 Å². The van der Waals surface area contributed by atoms with Crippen molar-refractivity contribution in [1.82, 2.24) is 4.98 Å². The fourth-order valence-electron chi connectivity index (χ4n) is 1.48. The molecule has 0 N–H and O–H groups in total. The average molecular weight is 288 g/mol. The van der Waals surface area contributed by atoms with Crippen LogP contribution in [0.25, 0.3) is 0 Å². The fraction of sp³-hybridized carbons (Fsp3) is 0.500. The Hall–Kier alpha value is -1.17. The maximum atomic E-state index is 10.9. The lowest BCUT2D eigenvalue weighted by molar-refractivity contribution is -0.384. The van der Waals surface area contributed by atoms with E-state index in [1.165, 1.54) is 6.07 Å². The molecule has 1 aromatic rings. The lowest BCUT2D eigenvalue weighted by Gasteiger charge is -2.20. The van der Waals surface area contributed by atoms with E-state index in [0.29, 0.717) is 16.8 Å². The molecule has 0 aliphatic carbocycles. The summed E-state index contributed by atoms with van der Waals surface area (Å²) in [5.41, 5.74) is 0.0460. The highest BCUT2D eigenvalue weighted by atomic mass is 79.9. The Labute approximate surface area is 103 Å². The number of hydrogen-bond donors (Lipinski definition) is 0. The highest BCUT2D eigenvalue weighted by Gasteiger charge is 2.20. The molecule has 0 saturated carbocycles. The first kappa shape index (κ1) is 12.9. The molecule has 0 aliphatic heterocycles. The van der Waals surface area contributed by atoms with Gasteiger partial charge in [-0.2, -0.15) is 0 Å². The number of pyridine rings is 1. The predicted octanol–water partition coefficient (Wildman–Crippen LogP) is 2.99. The second-order valence-electron chi connectivity index (χ2n) is 3.33. The van der Waals surface area contributed by atoms with Crippen LogP contribution in [0.3, 0.4) is 0 Å². The van der Waals surface area contributed by atoms with Gasteiger partial charge in [0.1, 0.15) is 0 Å². The van der Waals surface area contributed by atoms with Gasteiger partial charge >= 0.3 is 5.69 Å². The molecule has 0 amide bonds. The SMILES string of the molecule is CCCN(CC)c1ncc(Br)cc1[N+](=O)[O-]. The first-order chi connectivity index (χ1) is 7.60. The van der Waals surface area contributed by atoms with E-state index in [1.54, 1.807) is 6.20 Å². The quantitative estimate of drug-likeness (QED) is 0.617. The van der Waals surface area contributed by atoms with Gasteiger partial charge in [-0.15, -0.1) is 0 Å². The molecule has 0 aliphatic rings. The van der Waals surface area contributed by atoms with Gasteiger partial charge in [-0.1, -0.05) is 6.92 Å². The van der Waals surface area contributed by atoms with Crippen LogP contribution in [0, 0.1) is 10.1 Å². The zero-order valence-corrected chi connectivity index (χ0v) is 10.9. The van der Waals surface area contributed by atoms with Crippen LogP contribution in [-0.4, -0.2) is 23.0 Å². The highest BCUT2D eigenvalue weighted by molar-refractivity contribution is 9.10. The van der Waals surface area contributed by atoms with E-state index in [-0.39, 0.29) is 5.69 Å². The fourth-order valence-corrected chi connectivity index (χ4v) is 1.80. The summed E-state index contributed by atoms with van der Waals surface area (Å²) in [5.74, 6) is 0.442. The van der Waals surface area contributed by atoms with E-state index in [4.69, 9.17) is 0 Å². The van der Waals surface area contributed by atoms with Gasteiger partial charge in [0.2, 0.25) is 5.82 Å². The number of rotatable bonds is 5. The van der Waals surface area contributed by atoms with Crippen molar-refractivity contribution in [2.24, 2.45) is 0 Å². The maximum Gasteiger partial charge on any atom is 0.312 e. The van der Waals surface area contributed by atoms with Crippen molar-refractivity contribution in [3.8, 4) is 0 Å². The van der Waals surface area contributed by atoms with Crippen molar-refractivity contribution in [1.29, 1.82) is 0 Å². The zero-order valence-electron chi connectivity index (χ0n) is 9.31. The molecule has 0 saturated heterocycles. The Morgan fingerprint density at radius 3 is 2.75 bits per heavy atom. The van der Waals surface area contributed by atoms with Gasteiger partial charge < -0.3 is 4.90 Å². The summed E-state index contributed by atoms with van der Waals surface area (Å²) >= 11 is 3.19. The Kier molecular flexibility index (Phi) is 4.67. The number of nitrogens with zero attached hydrogens (tertiary/aromatic N) is 3. The van der Waals surface area contributed by atoms with Crippen molar-refractivity contribution >= 4 is 27.4 Å².